The Kier molecular flexibility index (Phi) is 6.77. The molecule has 176 valence electrons. The number of rotatable bonds is 8. The molecule has 2 heterocycles. The van der Waals surface area contributed by atoms with E-state index >= 15 is 0 Å². The van der Waals surface area contributed by atoms with Crippen molar-refractivity contribution in [1.82, 2.24) is 19.9 Å². The Morgan fingerprint density at radius 3 is 2.44 bits per heavy atom. The van der Waals surface area contributed by atoms with Crippen molar-refractivity contribution in [1.29, 1.82) is 0 Å². The monoisotopic (exact) mass is 462 g/mol. The molecular formula is C26H27FN4O3. The van der Waals surface area contributed by atoms with Gasteiger partial charge in [-0.05, 0) is 63.1 Å². The van der Waals surface area contributed by atoms with E-state index in [1.54, 1.807) is 22.8 Å². The van der Waals surface area contributed by atoms with Crippen LogP contribution in [-0.4, -0.2) is 33.7 Å². The van der Waals surface area contributed by atoms with Gasteiger partial charge in [0.15, 0.2) is 17.1 Å². The summed E-state index contributed by atoms with van der Waals surface area (Å²) in [6.07, 6.45) is 1.56. The van der Waals surface area contributed by atoms with Gasteiger partial charge < -0.3 is 14.8 Å². The van der Waals surface area contributed by atoms with Crippen LogP contribution in [0.15, 0.2) is 48.7 Å². The largest absolute Gasteiger partial charge is 0.490 e. The van der Waals surface area contributed by atoms with Crippen LogP contribution in [0.1, 0.15) is 41.2 Å². The highest BCUT2D eigenvalue weighted by Gasteiger charge is 2.20. The number of nitrogens with zero attached hydrogens (tertiary/aromatic N) is 3. The minimum atomic E-state index is -0.314. The fraction of sp³-hybridized carbons (Fsp3) is 0.269. The van der Waals surface area contributed by atoms with Crippen molar-refractivity contribution in [3.63, 3.8) is 0 Å². The van der Waals surface area contributed by atoms with Gasteiger partial charge in [0.1, 0.15) is 5.82 Å². The summed E-state index contributed by atoms with van der Waals surface area (Å²) in [5.41, 5.74) is 5.10. The minimum absolute atomic E-state index is 0.273. The lowest BCUT2D eigenvalue weighted by Crippen LogP contribution is -2.24. The van der Waals surface area contributed by atoms with Gasteiger partial charge in [-0.3, -0.25) is 4.79 Å². The first-order valence-corrected chi connectivity index (χ1v) is 11.2. The first kappa shape index (κ1) is 23.2. The third-order valence-corrected chi connectivity index (χ3v) is 5.50. The number of carbonyl (C=O) groups is 1. The van der Waals surface area contributed by atoms with Crippen LogP contribution in [0.2, 0.25) is 0 Å². The normalized spacial score (nSPS) is 11.0. The Morgan fingerprint density at radius 2 is 1.74 bits per heavy atom. The van der Waals surface area contributed by atoms with E-state index in [9.17, 15) is 9.18 Å². The van der Waals surface area contributed by atoms with Gasteiger partial charge in [-0.1, -0.05) is 18.2 Å². The summed E-state index contributed by atoms with van der Waals surface area (Å²) in [6.45, 7) is 8.95. The Bertz CT molecular complexity index is 1330. The van der Waals surface area contributed by atoms with Crippen LogP contribution in [-0.2, 0) is 6.54 Å². The Hall–Kier alpha value is -3.94. The van der Waals surface area contributed by atoms with E-state index in [0.717, 1.165) is 22.4 Å². The number of hydrogen-bond acceptors (Lipinski definition) is 5. The van der Waals surface area contributed by atoms with Gasteiger partial charge >= 0.3 is 0 Å². The number of nitrogens with one attached hydrogen (secondary N) is 1. The van der Waals surface area contributed by atoms with Gasteiger partial charge in [0.05, 0.1) is 30.2 Å². The molecule has 4 aromatic rings. The molecule has 1 amide bonds. The Morgan fingerprint density at radius 1 is 1.03 bits per heavy atom. The highest BCUT2D eigenvalue weighted by atomic mass is 19.1. The molecule has 0 aliphatic rings. The fourth-order valence-corrected chi connectivity index (χ4v) is 3.85. The van der Waals surface area contributed by atoms with Crippen molar-refractivity contribution in [2.24, 2.45) is 0 Å². The topological polar surface area (TPSA) is 77.8 Å². The molecule has 0 unspecified atom stereocenters. The number of fused-ring (bicyclic) bond motifs is 1. The molecule has 0 saturated carbocycles. The van der Waals surface area contributed by atoms with Crippen LogP contribution in [0, 0.1) is 19.7 Å². The van der Waals surface area contributed by atoms with Crippen LogP contribution >= 0.6 is 0 Å². The lowest BCUT2D eigenvalue weighted by atomic mass is 10.1. The first-order chi connectivity index (χ1) is 16.4. The molecule has 4 rings (SSSR count). The number of aryl methyl sites for hydroxylation is 2. The second kappa shape index (κ2) is 9.91. The summed E-state index contributed by atoms with van der Waals surface area (Å²) in [6, 6.07) is 11.8. The fourth-order valence-electron chi connectivity index (χ4n) is 3.85. The number of amides is 1. The molecule has 1 N–H and O–H groups in total. The SMILES string of the molecule is CCOc1ccc(-c2c(C)nn3c(C)c(C(=O)NCc4ccc(F)cc4)cnc23)cc1OCC. The average molecular weight is 463 g/mol. The van der Waals surface area contributed by atoms with E-state index in [2.05, 4.69) is 15.4 Å². The summed E-state index contributed by atoms with van der Waals surface area (Å²) < 4.78 is 26.2. The van der Waals surface area contributed by atoms with Crippen LogP contribution in [0.4, 0.5) is 4.39 Å². The van der Waals surface area contributed by atoms with Gasteiger partial charge in [-0.15, -0.1) is 0 Å². The molecule has 0 fully saturated rings. The quantitative estimate of drug-likeness (QED) is 0.404. The zero-order valence-electron chi connectivity index (χ0n) is 19.7. The summed E-state index contributed by atoms with van der Waals surface area (Å²) in [7, 11) is 0. The number of benzene rings is 2. The molecule has 2 aromatic carbocycles. The number of halogens is 1. The molecule has 34 heavy (non-hydrogen) atoms. The van der Waals surface area contributed by atoms with Crippen molar-refractivity contribution in [2.75, 3.05) is 13.2 Å². The third kappa shape index (κ3) is 4.57. The Balaban J connectivity index is 1.66. The van der Waals surface area contributed by atoms with Gasteiger partial charge in [-0.2, -0.15) is 5.10 Å². The molecular weight excluding hydrogens is 435 g/mol. The van der Waals surface area contributed by atoms with Gasteiger partial charge in [0.2, 0.25) is 0 Å². The molecule has 8 heteroatoms. The molecule has 2 aromatic heterocycles. The highest BCUT2D eigenvalue weighted by Crippen LogP contribution is 2.36. The minimum Gasteiger partial charge on any atom is -0.490 e. The van der Waals surface area contributed by atoms with Gasteiger partial charge in [-0.25, -0.2) is 13.9 Å². The van der Waals surface area contributed by atoms with Gasteiger partial charge in [0, 0.05) is 18.3 Å². The molecule has 0 bridgehead atoms. The molecule has 0 spiro atoms. The molecule has 0 atom stereocenters. The zero-order chi connectivity index (χ0) is 24.2. The second-order valence-electron chi connectivity index (χ2n) is 7.79. The maximum Gasteiger partial charge on any atom is 0.254 e. The number of ether oxygens (including phenoxy) is 2. The van der Waals surface area contributed by atoms with Crippen molar-refractivity contribution in [3.05, 3.63) is 77.0 Å². The maximum atomic E-state index is 13.1. The molecule has 0 aliphatic carbocycles. The lowest BCUT2D eigenvalue weighted by molar-refractivity contribution is 0.0949. The van der Waals surface area contributed by atoms with E-state index in [-0.39, 0.29) is 18.3 Å². The smallest absolute Gasteiger partial charge is 0.254 e. The summed E-state index contributed by atoms with van der Waals surface area (Å²) in [4.78, 5) is 17.4. The van der Waals surface area contributed by atoms with Crippen LogP contribution in [0.3, 0.4) is 0 Å². The molecule has 0 radical (unpaired) electrons. The lowest BCUT2D eigenvalue weighted by Gasteiger charge is -2.12. The Labute approximate surface area is 197 Å². The van der Waals surface area contributed by atoms with Gasteiger partial charge in [0.25, 0.3) is 5.91 Å². The summed E-state index contributed by atoms with van der Waals surface area (Å²) in [5.74, 6) is 0.762. The zero-order valence-corrected chi connectivity index (χ0v) is 19.7. The predicted molar refractivity (Wildman–Crippen MR) is 128 cm³/mol. The van der Waals surface area contributed by atoms with Crippen molar-refractivity contribution in [3.8, 4) is 22.6 Å². The van der Waals surface area contributed by atoms with E-state index in [1.807, 2.05) is 45.9 Å². The van der Waals surface area contributed by atoms with E-state index in [1.165, 1.54) is 12.1 Å². The van der Waals surface area contributed by atoms with E-state index < -0.39 is 0 Å². The highest BCUT2D eigenvalue weighted by molar-refractivity contribution is 5.95. The third-order valence-electron chi connectivity index (χ3n) is 5.50. The van der Waals surface area contributed by atoms with E-state index in [4.69, 9.17) is 9.47 Å². The second-order valence-corrected chi connectivity index (χ2v) is 7.79. The van der Waals surface area contributed by atoms with Crippen LogP contribution in [0.5, 0.6) is 11.5 Å². The van der Waals surface area contributed by atoms with Crippen molar-refractivity contribution >= 4 is 11.6 Å². The van der Waals surface area contributed by atoms with Crippen LogP contribution < -0.4 is 14.8 Å². The van der Waals surface area contributed by atoms with E-state index in [0.29, 0.717) is 41.6 Å². The summed E-state index contributed by atoms with van der Waals surface area (Å²) >= 11 is 0. The molecule has 7 nitrogen and oxygen atoms in total. The standard InChI is InChI=1S/C26H27FN4O3/c1-5-33-22-12-9-19(13-23(22)34-6-2)24-16(3)30-31-17(4)21(15-28-25(24)31)26(32)29-14-18-7-10-20(27)11-8-18/h7-13,15H,5-6,14H2,1-4H3,(H,29,32). The number of aromatic nitrogens is 3. The molecule has 0 saturated heterocycles. The van der Waals surface area contributed by atoms with Crippen molar-refractivity contribution < 1.29 is 18.7 Å². The average Bonchev–Trinajstić information content (AvgIpc) is 3.17. The van der Waals surface area contributed by atoms with Crippen LogP contribution in [0.25, 0.3) is 16.8 Å². The first-order valence-electron chi connectivity index (χ1n) is 11.2. The number of hydrogen-bond donors (Lipinski definition) is 1. The van der Waals surface area contributed by atoms with Crippen molar-refractivity contribution in [2.45, 2.75) is 34.2 Å². The summed E-state index contributed by atoms with van der Waals surface area (Å²) in [5, 5.41) is 7.52. The predicted octanol–water partition coefficient (Wildman–Crippen LogP) is 4.88. The number of carbonyl (C=O) groups excluding carboxylic acids is 1. The maximum absolute atomic E-state index is 13.1. The molecule has 0 aliphatic heterocycles.